The van der Waals surface area contributed by atoms with Gasteiger partial charge in [-0.3, -0.25) is 0 Å². The summed E-state index contributed by atoms with van der Waals surface area (Å²) in [5, 5.41) is 4.16. The molecule has 1 aromatic heterocycles. The standard InChI is InChI=1S/C14H26N4S/c1-7-8-15-12-9-13(17-14(16-12)19-6)18(5)11(4)10(2)3/h9-11H,7-8H2,1-6H3,(H,15,16,17). The summed E-state index contributed by atoms with van der Waals surface area (Å²) >= 11 is 1.58. The van der Waals surface area contributed by atoms with Gasteiger partial charge in [0, 0.05) is 25.7 Å². The van der Waals surface area contributed by atoms with E-state index in [1.165, 1.54) is 0 Å². The van der Waals surface area contributed by atoms with Gasteiger partial charge in [-0.05, 0) is 25.5 Å². The summed E-state index contributed by atoms with van der Waals surface area (Å²) in [4.78, 5) is 11.3. The van der Waals surface area contributed by atoms with Crippen molar-refractivity contribution in [1.29, 1.82) is 0 Å². The molecule has 0 bridgehead atoms. The Morgan fingerprint density at radius 2 is 2.00 bits per heavy atom. The van der Waals surface area contributed by atoms with E-state index in [2.05, 4.69) is 54.9 Å². The van der Waals surface area contributed by atoms with Gasteiger partial charge in [0.05, 0.1) is 0 Å². The lowest BCUT2D eigenvalue weighted by Gasteiger charge is -2.29. The molecule has 0 aromatic carbocycles. The number of hydrogen-bond acceptors (Lipinski definition) is 5. The van der Waals surface area contributed by atoms with Gasteiger partial charge in [0.15, 0.2) is 5.16 Å². The first-order valence-corrected chi connectivity index (χ1v) is 8.11. The SMILES string of the molecule is CCCNc1cc(N(C)C(C)C(C)C)nc(SC)n1. The van der Waals surface area contributed by atoms with Crippen LogP contribution < -0.4 is 10.2 Å². The second-order valence-corrected chi connectivity index (χ2v) is 5.89. The molecule has 1 unspecified atom stereocenters. The van der Waals surface area contributed by atoms with E-state index in [4.69, 9.17) is 0 Å². The maximum Gasteiger partial charge on any atom is 0.191 e. The topological polar surface area (TPSA) is 41.0 Å². The average molecular weight is 282 g/mol. The second kappa shape index (κ2) is 7.58. The summed E-state index contributed by atoms with van der Waals surface area (Å²) in [5.41, 5.74) is 0. The molecule has 0 spiro atoms. The summed E-state index contributed by atoms with van der Waals surface area (Å²) in [6, 6.07) is 2.48. The summed E-state index contributed by atoms with van der Waals surface area (Å²) in [6.45, 7) is 9.78. The molecule has 0 fully saturated rings. The number of anilines is 2. The molecule has 0 saturated heterocycles. The summed E-state index contributed by atoms with van der Waals surface area (Å²) in [7, 11) is 2.10. The first-order chi connectivity index (χ1) is 8.99. The molecule has 0 radical (unpaired) electrons. The van der Waals surface area contributed by atoms with Gasteiger partial charge in [-0.1, -0.05) is 32.5 Å². The Hall–Kier alpha value is -0.970. The number of rotatable bonds is 7. The fourth-order valence-corrected chi connectivity index (χ4v) is 2.06. The number of aromatic nitrogens is 2. The van der Waals surface area contributed by atoms with Crippen molar-refractivity contribution in [1.82, 2.24) is 9.97 Å². The van der Waals surface area contributed by atoms with Gasteiger partial charge in [0.25, 0.3) is 0 Å². The van der Waals surface area contributed by atoms with E-state index < -0.39 is 0 Å². The Labute approximate surface area is 121 Å². The molecule has 0 saturated carbocycles. The van der Waals surface area contributed by atoms with Crippen LogP contribution >= 0.6 is 11.8 Å². The molecule has 1 aromatic rings. The Morgan fingerprint density at radius 1 is 1.32 bits per heavy atom. The monoisotopic (exact) mass is 282 g/mol. The van der Waals surface area contributed by atoms with Gasteiger partial charge >= 0.3 is 0 Å². The van der Waals surface area contributed by atoms with Crippen LogP contribution in [0, 0.1) is 5.92 Å². The highest BCUT2D eigenvalue weighted by Crippen LogP contribution is 2.22. The van der Waals surface area contributed by atoms with Crippen LogP contribution in [0.1, 0.15) is 34.1 Å². The molecule has 1 rings (SSSR count). The molecular weight excluding hydrogens is 256 g/mol. The van der Waals surface area contributed by atoms with Crippen LogP contribution in [0.5, 0.6) is 0 Å². The number of thioether (sulfide) groups is 1. The fourth-order valence-electron chi connectivity index (χ4n) is 1.68. The van der Waals surface area contributed by atoms with Crippen LogP contribution in [0.2, 0.25) is 0 Å². The Kier molecular flexibility index (Phi) is 6.42. The molecule has 1 atom stereocenters. The first kappa shape index (κ1) is 16.1. The van der Waals surface area contributed by atoms with Crippen molar-refractivity contribution in [2.75, 3.05) is 30.1 Å². The molecule has 4 nitrogen and oxygen atoms in total. The molecule has 1 heterocycles. The van der Waals surface area contributed by atoms with E-state index in [9.17, 15) is 0 Å². The van der Waals surface area contributed by atoms with Crippen molar-refractivity contribution in [3.05, 3.63) is 6.07 Å². The third kappa shape index (κ3) is 4.56. The minimum absolute atomic E-state index is 0.448. The molecule has 0 amide bonds. The Bertz CT molecular complexity index is 395. The molecule has 5 heteroatoms. The minimum atomic E-state index is 0.448. The van der Waals surface area contributed by atoms with E-state index in [1.807, 2.05) is 12.3 Å². The van der Waals surface area contributed by atoms with Crippen LogP contribution in [-0.2, 0) is 0 Å². The fraction of sp³-hybridized carbons (Fsp3) is 0.714. The molecule has 0 aliphatic heterocycles. The van der Waals surface area contributed by atoms with Gasteiger partial charge in [0.1, 0.15) is 11.6 Å². The van der Waals surface area contributed by atoms with E-state index in [-0.39, 0.29) is 0 Å². The van der Waals surface area contributed by atoms with Crippen molar-refractivity contribution >= 4 is 23.4 Å². The van der Waals surface area contributed by atoms with Gasteiger partial charge in [-0.15, -0.1) is 0 Å². The van der Waals surface area contributed by atoms with Gasteiger partial charge in [-0.2, -0.15) is 0 Å². The highest BCUT2D eigenvalue weighted by atomic mass is 32.2. The number of nitrogens with zero attached hydrogens (tertiary/aromatic N) is 3. The lowest BCUT2D eigenvalue weighted by molar-refractivity contribution is 0.501. The first-order valence-electron chi connectivity index (χ1n) is 6.89. The van der Waals surface area contributed by atoms with Crippen molar-refractivity contribution in [3.8, 4) is 0 Å². The Morgan fingerprint density at radius 3 is 2.53 bits per heavy atom. The highest BCUT2D eigenvalue weighted by Gasteiger charge is 2.16. The second-order valence-electron chi connectivity index (χ2n) is 5.12. The van der Waals surface area contributed by atoms with Crippen molar-refractivity contribution in [2.24, 2.45) is 5.92 Å². The third-order valence-electron chi connectivity index (χ3n) is 3.37. The maximum absolute atomic E-state index is 4.60. The zero-order valence-corrected chi connectivity index (χ0v) is 13.7. The maximum atomic E-state index is 4.60. The molecule has 19 heavy (non-hydrogen) atoms. The van der Waals surface area contributed by atoms with E-state index in [0.717, 1.165) is 29.8 Å². The third-order valence-corrected chi connectivity index (χ3v) is 3.92. The normalized spacial score (nSPS) is 12.6. The van der Waals surface area contributed by atoms with Crippen LogP contribution in [0.15, 0.2) is 11.2 Å². The van der Waals surface area contributed by atoms with Crippen LogP contribution in [-0.4, -0.2) is 35.9 Å². The Balaban J connectivity index is 2.98. The number of hydrogen-bond donors (Lipinski definition) is 1. The number of nitrogens with one attached hydrogen (secondary N) is 1. The molecular formula is C14H26N4S. The summed E-state index contributed by atoms with van der Waals surface area (Å²) in [5.74, 6) is 2.49. The van der Waals surface area contributed by atoms with Crippen molar-refractivity contribution in [2.45, 2.75) is 45.3 Å². The molecule has 1 N–H and O–H groups in total. The van der Waals surface area contributed by atoms with Crippen molar-refractivity contribution < 1.29 is 0 Å². The quantitative estimate of drug-likeness (QED) is 0.612. The van der Waals surface area contributed by atoms with E-state index >= 15 is 0 Å². The van der Waals surface area contributed by atoms with E-state index in [0.29, 0.717) is 12.0 Å². The lowest BCUT2D eigenvalue weighted by atomic mass is 10.1. The van der Waals surface area contributed by atoms with Crippen molar-refractivity contribution in [3.63, 3.8) is 0 Å². The van der Waals surface area contributed by atoms with Crippen LogP contribution in [0.4, 0.5) is 11.6 Å². The molecule has 108 valence electrons. The summed E-state index contributed by atoms with van der Waals surface area (Å²) in [6.07, 6.45) is 3.10. The van der Waals surface area contributed by atoms with E-state index in [1.54, 1.807) is 11.8 Å². The minimum Gasteiger partial charge on any atom is -0.370 e. The lowest BCUT2D eigenvalue weighted by Crippen LogP contribution is -2.34. The van der Waals surface area contributed by atoms with Crippen LogP contribution in [0.25, 0.3) is 0 Å². The zero-order valence-electron chi connectivity index (χ0n) is 12.9. The summed E-state index contributed by atoms with van der Waals surface area (Å²) < 4.78 is 0. The van der Waals surface area contributed by atoms with Gasteiger partial charge in [-0.25, -0.2) is 9.97 Å². The van der Waals surface area contributed by atoms with Crippen LogP contribution in [0.3, 0.4) is 0 Å². The largest absolute Gasteiger partial charge is 0.370 e. The van der Waals surface area contributed by atoms with Gasteiger partial charge in [0.2, 0.25) is 0 Å². The molecule has 0 aliphatic carbocycles. The smallest absolute Gasteiger partial charge is 0.191 e. The predicted octanol–water partition coefficient (Wildman–Crippen LogP) is 3.50. The highest BCUT2D eigenvalue weighted by molar-refractivity contribution is 7.98. The zero-order chi connectivity index (χ0) is 14.4. The average Bonchev–Trinajstić information content (AvgIpc) is 2.42. The van der Waals surface area contributed by atoms with Gasteiger partial charge < -0.3 is 10.2 Å². The predicted molar refractivity (Wildman–Crippen MR) is 85.3 cm³/mol. The molecule has 0 aliphatic rings.